The molecule has 1 aliphatic rings. The van der Waals surface area contributed by atoms with Crippen molar-refractivity contribution in [3.8, 4) is 17.2 Å². The highest BCUT2D eigenvalue weighted by atomic mass is 16.7. The molecule has 40 heavy (non-hydrogen) atoms. The van der Waals surface area contributed by atoms with Crippen LogP contribution in [0.1, 0.15) is 48.9 Å². The number of aryl methyl sites for hydroxylation is 4. The second kappa shape index (κ2) is 26.9. The Morgan fingerprint density at radius 2 is 1.15 bits per heavy atom. The van der Waals surface area contributed by atoms with Crippen LogP contribution >= 0.6 is 0 Å². The van der Waals surface area contributed by atoms with Crippen LogP contribution in [0.2, 0.25) is 0 Å². The molecule has 0 aliphatic carbocycles. The lowest BCUT2D eigenvalue weighted by atomic mass is 10.2. The lowest BCUT2D eigenvalue weighted by Gasteiger charge is -1.95. The fourth-order valence-corrected chi connectivity index (χ4v) is 2.38. The van der Waals surface area contributed by atoms with Crippen LogP contribution in [0.25, 0.3) is 0 Å². The van der Waals surface area contributed by atoms with Gasteiger partial charge in [-0.05, 0) is 70.5 Å². The number of aliphatic hydroxyl groups excluding tert-OH is 2. The summed E-state index contributed by atoms with van der Waals surface area (Å²) in [6, 6.07) is 21.7. The van der Waals surface area contributed by atoms with Gasteiger partial charge in [-0.1, -0.05) is 73.0 Å². The van der Waals surface area contributed by atoms with Crippen molar-refractivity contribution in [2.24, 2.45) is 5.73 Å². The molecule has 0 amide bonds. The van der Waals surface area contributed by atoms with E-state index in [0.717, 1.165) is 29.9 Å². The first kappa shape index (κ1) is 38.4. The summed E-state index contributed by atoms with van der Waals surface area (Å²) in [6.07, 6.45) is 2.01. The Balaban J connectivity index is 0. The molecule has 222 valence electrons. The Hall–Kier alpha value is -3.72. The molecule has 0 radical (unpaired) electrons. The van der Waals surface area contributed by atoms with E-state index in [2.05, 4.69) is 42.8 Å². The maximum absolute atomic E-state index is 9.84. The van der Waals surface area contributed by atoms with Crippen molar-refractivity contribution < 1.29 is 34.0 Å². The van der Waals surface area contributed by atoms with Gasteiger partial charge in [-0.15, -0.1) is 0 Å². The predicted octanol–water partition coefficient (Wildman–Crippen LogP) is 5.48. The van der Waals surface area contributed by atoms with Gasteiger partial charge in [0.1, 0.15) is 12.0 Å². The van der Waals surface area contributed by atoms with Crippen molar-refractivity contribution >= 4 is 12.8 Å². The molecule has 4 N–H and O–H groups in total. The minimum absolute atomic E-state index is 0.0938. The van der Waals surface area contributed by atoms with Crippen LogP contribution in [-0.4, -0.2) is 49.5 Å². The molecule has 1 aliphatic heterocycles. The van der Waals surface area contributed by atoms with Crippen molar-refractivity contribution in [1.82, 2.24) is 0 Å². The SMILES string of the molecule is CCC=O.CCN.Cc1ccc(C)cc1.Cc1ccc(OC=O)cc1.Cc1ccc2c(c1)OCO2.OCCCO. The first-order chi connectivity index (χ1) is 19.2. The van der Waals surface area contributed by atoms with Crippen molar-refractivity contribution in [2.75, 3.05) is 26.6 Å². The van der Waals surface area contributed by atoms with E-state index < -0.39 is 0 Å². The molecule has 0 fully saturated rings. The number of hydrogen-bond donors (Lipinski definition) is 3. The molecule has 4 rings (SSSR count). The zero-order valence-electron chi connectivity index (χ0n) is 24.8. The Morgan fingerprint density at radius 3 is 1.52 bits per heavy atom. The number of rotatable bonds is 5. The summed E-state index contributed by atoms with van der Waals surface area (Å²) < 4.78 is 14.9. The standard InChI is InChI=1S/2C8H8O2.C8H10.C3H8O2.C3H6O.C2H7N/c1-6-2-3-7-8(4-6)10-5-9-7;1-7-2-4-8(5-3-7)10-6-9;1-7-3-5-8(2)6-4-7;4-2-1-3-5;1-2-3-4;1-2-3/h2-4H,5H2,1H3;2-6H,1H3;3-6H,1-2H3;4-5H,1-3H2;3H,2H2,1H3;2-3H2,1H3. The maximum Gasteiger partial charge on any atom is 0.298 e. The fraction of sp³-hybridized carbons (Fsp3) is 0.375. The minimum atomic E-state index is 0.0938. The van der Waals surface area contributed by atoms with Crippen LogP contribution in [0, 0.1) is 27.7 Å². The molecular weight excluding hydrogens is 510 g/mol. The second-order valence-corrected chi connectivity index (χ2v) is 8.32. The highest BCUT2D eigenvalue weighted by Crippen LogP contribution is 2.31. The second-order valence-electron chi connectivity index (χ2n) is 8.32. The van der Waals surface area contributed by atoms with E-state index in [4.69, 9.17) is 25.4 Å². The van der Waals surface area contributed by atoms with E-state index in [1.165, 1.54) is 16.7 Å². The maximum atomic E-state index is 9.84. The number of hydrogen-bond acceptors (Lipinski definition) is 8. The van der Waals surface area contributed by atoms with Gasteiger partial charge < -0.3 is 35.0 Å². The van der Waals surface area contributed by atoms with Gasteiger partial charge in [0.2, 0.25) is 6.79 Å². The first-order valence-electron chi connectivity index (χ1n) is 13.1. The average Bonchev–Trinajstić information content (AvgIpc) is 3.42. The molecule has 0 saturated heterocycles. The lowest BCUT2D eigenvalue weighted by molar-refractivity contribution is -0.120. The molecule has 8 nitrogen and oxygen atoms in total. The van der Waals surface area contributed by atoms with Gasteiger partial charge in [0.25, 0.3) is 6.47 Å². The molecule has 8 heteroatoms. The van der Waals surface area contributed by atoms with E-state index in [1.807, 2.05) is 58.0 Å². The largest absolute Gasteiger partial charge is 0.454 e. The molecule has 1 heterocycles. The van der Waals surface area contributed by atoms with Crippen LogP contribution in [-0.2, 0) is 9.59 Å². The van der Waals surface area contributed by atoms with Gasteiger partial charge in [0.05, 0.1) is 0 Å². The van der Waals surface area contributed by atoms with Crippen molar-refractivity contribution in [2.45, 2.75) is 54.4 Å². The number of carbonyl (C=O) groups is 2. The summed E-state index contributed by atoms with van der Waals surface area (Å²) in [5.41, 5.74) is 9.86. The molecule has 3 aromatic rings. The Kier molecular flexibility index (Phi) is 25.8. The number of nitrogens with two attached hydrogens (primary N) is 1. The zero-order valence-corrected chi connectivity index (χ0v) is 24.8. The number of aliphatic hydroxyl groups is 2. The van der Waals surface area contributed by atoms with E-state index in [0.29, 0.717) is 31.9 Å². The van der Waals surface area contributed by atoms with Crippen LogP contribution in [0.4, 0.5) is 0 Å². The molecule has 0 spiro atoms. The number of benzene rings is 3. The molecule has 0 bridgehead atoms. The third-order valence-electron chi connectivity index (χ3n) is 4.43. The van der Waals surface area contributed by atoms with Crippen molar-refractivity contribution in [3.63, 3.8) is 0 Å². The molecule has 0 atom stereocenters. The summed E-state index contributed by atoms with van der Waals surface area (Å²) in [4.78, 5) is 19.0. The minimum Gasteiger partial charge on any atom is -0.454 e. The summed E-state index contributed by atoms with van der Waals surface area (Å²) in [6.45, 7) is 13.6. The van der Waals surface area contributed by atoms with E-state index >= 15 is 0 Å². The molecule has 0 saturated carbocycles. The fourth-order valence-electron chi connectivity index (χ4n) is 2.38. The van der Waals surface area contributed by atoms with Crippen molar-refractivity contribution in [1.29, 1.82) is 0 Å². The molecule has 3 aromatic carbocycles. The molecular formula is C32H47NO7. The Morgan fingerprint density at radius 1 is 0.750 bits per heavy atom. The van der Waals surface area contributed by atoms with E-state index in [9.17, 15) is 9.59 Å². The smallest absolute Gasteiger partial charge is 0.298 e. The van der Waals surface area contributed by atoms with Crippen LogP contribution < -0.4 is 19.9 Å². The lowest BCUT2D eigenvalue weighted by Crippen LogP contribution is -1.92. The van der Waals surface area contributed by atoms with Crippen LogP contribution in [0.3, 0.4) is 0 Å². The van der Waals surface area contributed by atoms with Gasteiger partial charge in [-0.2, -0.15) is 0 Å². The van der Waals surface area contributed by atoms with Gasteiger partial charge in [-0.3, -0.25) is 4.79 Å². The number of fused-ring (bicyclic) bond motifs is 1. The van der Waals surface area contributed by atoms with E-state index in [1.54, 1.807) is 12.1 Å². The monoisotopic (exact) mass is 557 g/mol. The van der Waals surface area contributed by atoms with Crippen LogP contribution in [0.5, 0.6) is 17.2 Å². The number of aldehydes is 1. The number of carbonyl (C=O) groups excluding carboxylic acids is 2. The highest BCUT2D eigenvalue weighted by molar-refractivity contribution is 5.48. The van der Waals surface area contributed by atoms with Gasteiger partial charge in [-0.25, -0.2) is 0 Å². The zero-order chi connectivity index (χ0) is 30.6. The van der Waals surface area contributed by atoms with Crippen molar-refractivity contribution in [3.05, 3.63) is 89.0 Å². The normalized spacial score (nSPS) is 9.62. The van der Waals surface area contributed by atoms with E-state index in [-0.39, 0.29) is 13.2 Å². The predicted molar refractivity (Wildman–Crippen MR) is 161 cm³/mol. The third kappa shape index (κ3) is 22.3. The van der Waals surface area contributed by atoms with Gasteiger partial charge in [0, 0.05) is 19.6 Å². The summed E-state index contributed by atoms with van der Waals surface area (Å²) >= 11 is 0. The summed E-state index contributed by atoms with van der Waals surface area (Å²) in [7, 11) is 0. The quantitative estimate of drug-likeness (QED) is 0.352. The van der Waals surface area contributed by atoms with Crippen LogP contribution in [0.15, 0.2) is 66.7 Å². The van der Waals surface area contributed by atoms with Gasteiger partial charge >= 0.3 is 0 Å². The Bertz CT molecular complexity index is 984. The Labute approximate surface area is 239 Å². The third-order valence-corrected chi connectivity index (χ3v) is 4.43. The topological polar surface area (TPSA) is 128 Å². The first-order valence-corrected chi connectivity index (χ1v) is 13.1. The summed E-state index contributed by atoms with van der Waals surface area (Å²) in [5.74, 6) is 2.30. The highest BCUT2D eigenvalue weighted by Gasteiger charge is 2.11. The molecule has 0 unspecified atom stereocenters. The van der Waals surface area contributed by atoms with Gasteiger partial charge in [0.15, 0.2) is 11.5 Å². The average molecular weight is 558 g/mol. The molecule has 0 aromatic heterocycles. The summed E-state index contributed by atoms with van der Waals surface area (Å²) in [5, 5.41) is 15.8. The number of ether oxygens (including phenoxy) is 3.